The maximum absolute atomic E-state index is 12.8. The third kappa shape index (κ3) is 4.09. The minimum absolute atomic E-state index is 0.159. The molecular formula is C23H28ClNO4. The fourth-order valence-corrected chi connectivity index (χ4v) is 4.73. The number of carboxylic acids is 1. The number of terminal acetylenes is 1. The molecule has 1 atom stereocenters. The van der Waals surface area contributed by atoms with Gasteiger partial charge in [0, 0.05) is 5.69 Å². The van der Waals surface area contributed by atoms with Crippen molar-refractivity contribution in [2.45, 2.75) is 76.9 Å². The number of ether oxygens (including phenoxy) is 1. The lowest BCUT2D eigenvalue weighted by atomic mass is 9.74. The van der Waals surface area contributed by atoms with Crippen molar-refractivity contribution in [1.29, 1.82) is 0 Å². The highest BCUT2D eigenvalue weighted by Crippen LogP contribution is 2.42. The molecule has 2 aliphatic carbocycles. The zero-order chi connectivity index (χ0) is 21.2. The van der Waals surface area contributed by atoms with Gasteiger partial charge in [0.1, 0.15) is 11.3 Å². The van der Waals surface area contributed by atoms with Crippen molar-refractivity contribution in [2.75, 3.05) is 4.90 Å². The van der Waals surface area contributed by atoms with Crippen molar-refractivity contribution in [1.82, 2.24) is 0 Å². The van der Waals surface area contributed by atoms with Crippen LogP contribution in [0.15, 0.2) is 12.1 Å². The van der Waals surface area contributed by atoms with E-state index >= 15 is 0 Å². The number of rotatable bonds is 6. The topological polar surface area (TPSA) is 66.8 Å². The highest BCUT2D eigenvalue weighted by molar-refractivity contribution is 6.32. The van der Waals surface area contributed by atoms with E-state index < -0.39 is 17.4 Å². The minimum Gasteiger partial charge on any atom is -0.489 e. The Hall–Kier alpha value is -2.19. The van der Waals surface area contributed by atoms with E-state index in [2.05, 4.69) is 5.92 Å². The Morgan fingerprint density at radius 3 is 2.34 bits per heavy atom. The highest BCUT2D eigenvalue weighted by atomic mass is 35.5. The number of carbonyl (C=O) groups excluding carboxylic acids is 1. The van der Waals surface area contributed by atoms with Crippen LogP contribution in [0.25, 0.3) is 0 Å². The largest absolute Gasteiger partial charge is 0.489 e. The number of hydrogen-bond acceptors (Lipinski definition) is 3. The first kappa shape index (κ1) is 21.5. The van der Waals surface area contributed by atoms with Crippen LogP contribution in [0.3, 0.4) is 0 Å². The molecule has 0 spiro atoms. The average Bonchev–Trinajstić information content (AvgIpc) is 2.66. The maximum Gasteiger partial charge on any atom is 0.330 e. The van der Waals surface area contributed by atoms with Crippen LogP contribution < -0.4 is 9.64 Å². The van der Waals surface area contributed by atoms with Crippen LogP contribution >= 0.6 is 11.6 Å². The summed E-state index contributed by atoms with van der Waals surface area (Å²) >= 11 is 6.51. The van der Waals surface area contributed by atoms with Gasteiger partial charge in [0.2, 0.25) is 0 Å². The molecule has 0 bridgehead atoms. The second-order valence-corrected chi connectivity index (χ2v) is 8.72. The Morgan fingerprint density at radius 1 is 1.21 bits per heavy atom. The summed E-state index contributed by atoms with van der Waals surface area (Å²) in [4.78, 5) is 26.5. The monoisotopic (exact) mass is 417 g/mol. The zero-order valence-corrected chi connectivity index (χ0v) is 17.8. The summed E-state index contributed by atoms with van der Waals surface area (Å²) in [7, 11) is 0. The molecule has 1 aromatic carbocycles. The summed E-state index contributed by atoms with van der Waals surface area (Å²) in [6.07, 6.45) is 13.2. The molecule has 3 rings (SSSR count). The molecule has 2 fully saturated rings. The number of amides is 1. The van der Waals surface area contributed by atoms with E-state index in [4.69, 9.17) is 22.8 Å². The molecule has 1 unspecified atom stereocenters. The van der Waals surface area contributed by atoms with Gasteiger partial charge < -0.3 is 9.84 Å². The number of anilines is 1. The molecule has 6 heteroatoms. The number of benzene rings is 1. The first-order chi connectivity index (χ1) is 13.8. The predicted molar refractivity (Wildman–Crippen MR) is 113 cm³/mol. The van der Waals surface area contributed by atoms with Crippen molar-refractivity contribution < 1.29 is 19.4 Å². The van der Waals surface area contributed by atoms with E-state index in [1.165, 1.54) is 4.90 Å². The van der Waals surface area contributed by atoms with E-state index in [0.717, 1.165) is 56.9 Å². The molecule has 0 saturated heterocycles. The quantitative estimate of drug-likeness (QED) is 0.663. The van der Waals surface area contributed by atoms with Crippen molar-refractivity contribution in [3.8, 4) is 18.1 Å². The summed E-state index contributed by atoms with van der Waals surface area (Å²) < 4.78 is 5.99. The first-order valence-electron chi connectivity index (χ1n) is 10.3. The van der Waals surface area contributed by atoms with E-state index in [1.54, 1.807) is 19.1 Å². The molecule has 1 N–H and O–H groups in total. The summed E-state index contributed by atoms with van der Waals surface area (Å²) in [6.45, 7) is 3.45. The molecule has 2 aliphatic rings. The molecule has 0 aromatic heterocycles. The number of carbonyl (C=O) groups is 2. The number of aryl methyl sites for hydroxylation is 1. The van der Waals surface area contributed by atoms with Crippen molar-refractivity contribution in [2.24, 2.45) is 5.92 Å². The number of halogens is 1. The first-order valence-corrected chi connectivity index (χ1v) is 10.7. The van der Waals surface area contributed by atoms with E-state index in [1.807, 2.05) is 6.92 Å². The van der Waals surface area contributed by atoms with Gasteiger partial charge >= 0.3 is 11.9 Å². The van der Waals surface area contributed by atoms with Crippen LogP contribution in [0.2, 0.25) is 5.02 Å². The summed E-state index contributed by atoms with van der Waals surface area (Å²) in [6, 6.07) is 3.35. The molecule has 0 aliphatic heterocycles. The van der Waals surface area contributed by atoms with Crippen LogP contribution in [0.4, 0.5) is 5.69 Å². The lowest BCUT2D eigenvalue weighted by Gasteiger charge is -2.44. The summed E-state index contributed by atoms with van der Waals surface area (Å²) in [5.41, 5.74) is -0.298. The average molecular weight is 418 g/mol. The van der Waals surface area contributed by atoms with Gasteiger partial charge in [0.25, 0.3) is 0 Å². The van der Waals surface area contributed by atoms with Crippen LogP contribution in [0, 0.1) is 25.2 Å². The van der Waals surface area contributed by atoms with Crippen LogP contribution in [0.1, 0.15) is 63.9 Å². The Bertz CT molecular complexity index is 813. The summed E-state index contributed by atoms with van der Waals surface area (Å²) in [5.74, 6) is 0.782. The van der Waals surface area contributed by atoms with Gasteiger partial charge in [-0.1, -0.05) is 30.9 Å². The van der Waals surface area contributed by atoms with Crippen LogP contribution in [0.5, 0.6) is 5.75 Å². The Balaban J connectivity index is 2.05. The van der Waals surface area contributed by atoms with E-state index in [-0.39, 0.29) is 12.0 Å². The molecule has 5 nitrogen and oxygen atoms in total. The fourth-order valence-electron chi connectivity index (χ4n) is 4.42. The van der Waals surface area contributed by atoms with Gasteiger partial charge in [-0.25, -0.2) is 4.79 Å². The lowest BCUT2D eigenvalue weighted by molar-refractivity contribution is -0.147. The number of nitrogens with zero attached hydrogens (tertiary/aromatic N) is 1. The highest BCUT2D eigenvalue weighted by Gasteiger charge is 2.49. The standard InChI is InChI=1S/C23H28ClNO4/c1-4-20(26)25(23(3,22(27)28)16-9-6-5-7-10-16)17-13-15(2)21(19(24)14-17)29-18-11-8-12-18/h1,13-14,16,18H,5-12H2,2-3H3,(H,27,28). The number of hydrogen-bond donors (Lipinski definition) is 1. The normalized spacial score (nSPS) is 19.5. The predicted octanol–water partition coefficient (Wildman–Crippen LogP) is 4.97. The third-order valence-corrected chi connectivity index (χ3v) is 6.71. The lowest BCUT2D eigenvalue weighted by Crippen LogP contribution is -2.60. The van der Waals surface area contributed by atoms with Gasteiger partial charge in [-0.05, 0) is 75.5 Å². The Kier molecular flexibility index (Phi) is 6.43. The molecule has 1 aromatic rings. The minimum atomic E-state index is -1.45. The van der Waals surface area contributed by atoms with Crippen LogP contribution in [-0.4, -0.2) is 28.6 Å². The SMILES string of the molecule is C#CC(=O)N(c1cc(C)c(OC2CCC2)c(Cl)c1)C(C)(C(=O)O)C1CCCCC1. The number of carboxylic acid groups (broad SMARTS) is 1. The second kappa shape index (κ2) is 8.67. The summed E-state index contributed by atoms with van der Waals surface area (Å²) in [5, 5.41) is 10.6. The van der Waals surface area contributed by atoms with Crippen molar-refractivity contribution in [3.63, 3.8) is 0 Å². The Morgan fingerprint density at radius 2 is 1.86 bits per heavy atom. The molecule has 2 saturated carbocycles. The van der Waals surface area contributed by atoms with E-state index in [9.17, 15) is 14.7 Å². The smallest absolute Gasteiger partial charge is 0.330 e. The van der Waals surface area contributed by atoms with Gasteiger partial charge in [-0.3, -0.25) is 9.69 Å². The molecule has 156 valence electrons. The maximum atomic E-state index is 12.8. The fraction of sp³-hybridized carbons (Fsp3) is 0.565. The molecule has 1 amide bonds. The van der Waals surface area contributed by atoms with Gasteiger partial charge in [0.05, 0.1) is 11.1 Å². The van der Waals surface area contributed by atoms with Gasteiger partial charge in [0.15, 0.2) is 0 Å². The molecule has 29 heavy (non-hydrogen) atoms. The van der Waals surface area contributed by atoms with Crippen molar-refractivity contribution in [3.05, 3.63) is 22.7 Å². The van der Waals surface area contributed by atoms with E-state index in [0.29, 0.717) is 16.5 Å². The zero-order valence-electron chi connectivity index (χ0n) is 17.0. The Labute approximate surface area is 177 Å². The van der Waals surface area contributed by atoms with Gasteiger partial charge in [-0.15, -0.1) is 6.42 Å². The molecule has 0 heterocycles. The van der Waals surface area contributed by atoms with Crippen molar-refractivity contribution >= 4 is 29.2 Å². The molecule has 0 radical (unpaired) electrons. The number of aliphatic carboxylic acids is 1. The third-order valence-electron chi connectivity index (χ3n) is 6.43. The van der Waals surface area contributed by atoms with Crippen LogP contribution in [-0.2, 0) is 9.59 Å². The van der Waals surface area contributed by atoms with Gasteiger partial charge in [-0.2, -0.15) is 0 Å². The second-order valence-electron chi connectivity index (χ2n) is 8.32. The molecular weight excluding hydrogens is 390 g/mol.